The summed E-state index contributed by atoms with van der Waals surface area (Å²) in [6.07, 6.45) is 3.09. The number of piperazine rings is 1. The first kappa shape index (κ1) is 13.5. The minimum atomic E-state index is -0.164. The van der Waals surface area contributed by atoms with Gasteiger partial charge in [0.05, 0.1) is 0 Å². The van der Waals surface area contributed by atoms with Crippen molar-refractivity contribution in [2.24, 2.45) is 0 Å². The number of nitrogens with zero attached hydrogens (tertiary/aromatic N) is 3. The van der Waals surface area contributed by atoms with Crippen LogP contribution in [0.25, 0.3) is 0 Å². The summed E-state index contributed by atoms with van der Waals surface area (Å²) in [6, 6.07) is 4.02. The van der Waals surface area contributed by atoms with E-state index in [0.717, 1.165) is 37.6 Å². The second kappa shape index (κ2) is 6.33. The molecule has 19 heavy (non-hydrogen) atoms. The van der Waals surface area contributed by atoms with Crippen LogP contribution in [0.1, 0.15) is 5.56 Å². The molecule has 102 valence electrons. The van der Waals surface area contributed by atoms with Gasteiger partial charge in [0.1, 0.15) is 5.82 Å². The maximum Gasteiger partial charge on any atom is 0.243 e. The molecule has 0 atom stereocenters. The van der Waals surface area contributed by atoms with Crippen molar-refractivity contribution in [1.29, 1.82) is 0 Å². The molecule has 0 radical (unpaired) electrons. The number of amides is 1. The first-order valence-electron chi connectivity index (χ1n) is 6.48. The fraction of sp³-hybridized carbons (Fsp3) is 0.429. The Balaban J connectivity index is 1.91. The van der Waals surface area contributed by atoms with Crippen molar-refractivity contribution in [3.63, 3.8) is 0 Å². The highest BCUT2D eigenvalue weighted by Crippen LogP contribution is 2.13. The van der Waals surface area contributed by atoms with Crippen LogP contribution in [0.4, 0.5) is 5.82 Å². The highest BCUT2D eigenvalue weighted by Gasteiger charge is 2.14. The third-order valence-corrected chi connectivity index (χ3v) is 3.29. The van der Waals surface area contributed by atoms with Gasteiger partial charge in [-0.25, -0.2) is 4.98 Å². The zero-order chi connectivity index (χ0) is 13.7. The van der Waals surface area contributed by atoms with Crippen molar-refractivity contribution in [3.05, 3.63) is 36.5 Å². The average Bonchev–Trinajstić information content (AvgIpc) is 2.46. The summed E-state index contributed by atoms with van der Waals surface area (Å²) >= 11 is 0. The topological polar surface area (TPSA) is 48.5 Å². The van der Waals surface area contributed by atoms with Crippen LogP contribution < -0.4 is 10.2 Å². The molecule has 1 fully saturated rings. The molecule has 0 aliphatic carbocycles. The fourth-order valence-corrected chi connectivity index (χ4v) is 2.01. The van der Waals surface area contributed by atoms with Crippen molar-refractivity contribution >= 4 is 11.7 Å². The molecule has 1 aromatic heterocycles. The Bertz CT molecular complexity index is 435. The van der Waals surface area contributed by atoms with Crippen LogP contribution in [0.15, 0.2) is 31.0 Å². The molecule has 1 aliphatic rings. The van der Waals surface area contributed by atoms with Crippen molar-refractivity contribution in [2.75, 3.05) is 38.1 Å². The molecule has 1 N–H and O–H groups in total. The largest absolute Gasteiger partial charge is 0.354 e. The van der Waals surface area contributed by atoms with E-state index in [1.807, 2.05) is 18.3 Å². The maximum atomic E-state index is 11.1. The minimum Gasteiger partial charge on any atom is -0.354 e. The lowest BCUT2D eigenvalue weighted by atomic mass is 10.2. The van der Waals surface area contributed by atoms with Gasteiger partial charge in [0.2, 0.25) is 5.91 Å². The lowest BCUT2D eigenvalue weighted by molar-refractivity contribution is -0.116. The van der Waals surface area contributed by atoms with E-state index in [-0.39, 0.29) is 5.91 Å². The van der Waals surface area contributed by atoms with Crippen molar-refractivity contribution in [2.45, 2.75) is 6.54 Å². The number of pyridine rings is 1. The van der Waals surface area contributed by atoms with Crippen LogP contribution in [0, 0.1) is 0 Å². The zero-order valence-corrected chi connectivity index (χ0v) is 11.3. The summed E-state index contributed by atoms with van der Waals surface area (Å²) in [5.41, 5.74) is 0.994. The smallest absolute Gasteiger partial charge is 0.243 e. The molecule has 0 saturated carbocycles. The Labute approximate surface area is 113 Å². The molecule has 1 aliphatic heterocycles. The molecule has 0 bridgehead atoms. The van der Waals surface area contributed by atoms with Gasteiger partial charge in [-0.2, -0.15) is 0 Å². The van der Waals surface area contributed by atoms with Crippen molar-refractivity contribution in [3.8, 4) is 0 Å². The Morgan fingerprint density at radius 3 is 2.74 bits per heavy atom. The summed E-state index contributed by atoms with van der Waals surface area (Å²) in [4.78, 5) is 20.1. The molecule has 5 nitrogen and oxygen atoms in total. The standard InChI is InChI=1S/C14H20N4O/c1-3-14(19)16-11-12-4-5-13(15-10-12)18-8-6-17(2)7-9-18/h3-5,10H,1,6-9,11H2,2H3,(H,16,19). The summed E-state index contributed by atoms with van der Waals surface area (Å²) < 4.78 is 0. The first-order chi connectivity index (χ1) is 9.19. The van der Waals surface area contributed by atoms with Gasteiger partial charge in [0, 0.05) is 38.9 Å². The maximum absolute atomic E-state index is 11.1. The summed E-state index contributed by atoms with van der Waals surface area (Å²) in [5, 5.41) is 2.74. The molecule has 2 rings (SSSR count). The number of carbonyl (C=O) groups is 1. The monoisotopic (exact) mass is 260 g/mol. The number of anilines is 1. The van der Waals surface area contributed by atoms with E-state index in [9.17, 15) is 4.79 Å². The quantitative estimate of drug-likeness (QED) is 0.807. The molecule has 0 unspecified atom stereocenters. The second-order valence-corrected chi connectivity index (χ2v) is 4.74. The SMILES string of the molecule is C=CC(=O)NCc1ccc(N2CCN(C)CC2)nc1. The van der Waals surface area contributed by atoms with E-state index in [2.05, 4.69) is 33.7 Å². The number of aromatic nitrogens is 1. The highest BCUT2D eigenvalue weighted by atomic mass is 16.1. The van der Waals surface area contributed by atoms with Gasteiger partial charge in [-0.05, 0) is 24.8 Å². The van der Waals surface area contributed by atoms with E-state index in [4.69, 9.17) is 0 Å². The third-order valence-electron chi connectivity index (χ3n) is 3.29. The Morgan fingerprint density at radius 2 is 2.16 bits per heavy atom. The van der Waals surface area contributed by atoms with E-state index in [1.54, 1.807) is 0 Å². The van der Waals surface area contributed by atoms with Gasteiger partial charge < -0.3 is 15.1 Å². The van der Waals surface area contributed by atoms with Crippen LogP contribution in [-0.2, 0) is 11.3 Å². The van der Waals surface area contributed by atoms with Gasteiger partial charge in [-0.1, -0.05) is 12.6 Å². The summed E-state index contributed by atoms with van der Waals surface area (Å²) in [7, 11) is 2.14. The predicted octanol–water partition coefficient (Wildman–Crippen LogP) is 0.636. The van der Waals surface area contributed by atoms with E-state index >= 15 is 0 Å². The number of nitrogens with one attached hydrogen (secondary N) is 1. The normalized spacial score (nSPS) is 16.2. The lowest BCUT2D eigenvalue weighted by Crippen LogP contribution is -2.44. The van der Waals surface area contributed by atoms with E-state index < -0.39 is 0 Å². The van der Waals surface area contributed by atoms with Crippen LogP contribution in [0.2, 0.25) is 0 Å². The molecule has 5 heteroatoms. The Hall–Kier alpha value is -1.88. The highest BCUT2D eigenvalue weighted by molar-refractivity contribution is 5.86. The van der Waals surface area contributed by atoms with E-state index in [0.29, 0.717) is 6.54 Å². The van der Waals surface area contributed by atoms with Crippen LogP contribution in [0.5, 0.6) is 0 Å². The van der Waals surface area contributed by atoms with Gasteiger partial charge in [0.15, 0.2) is 0 Å². The third kappa shape index (κ3) is 3.79. The Morgan fingerprint density at radius 1 is 1.42 bits per heavy atom. The molecule has 2 heterocycles. The molecule has 1 saturated heterocycles. The average molecular weight is 260 g/mol. The second-order valence-electron chi connectivity index (χ2n) is 4.74. The number of carbonyl (C=O) groups excluding carboxylic acids is 1. The first-order valence-corrected chi connectivity index (χ1v) is 6.48. The summed E-state index contributed by atoms with van der Waals surface area (Å²) in [6.45, 7) is 8.06. The molecular weight excluding hydrogens is 240 g/mol. The minimum absolute atomic E-state index is 0.164. The zero-order valence-electron chi connectivity index (χ0n) is 11.3. The molecule has 0 aromatic carbocycles. The Kier molecular flexibility index (Phi) is 4.52. The van der Waals surface area contributed by atoms with Crippen LogP contribution in [-0.4, -0.2) is 49.0 Å². The van der Waals surface area contributed by atoms with Gasteiger partial charge in [-0.15, -0.1) is 0 Å². The van der Waals surface area contributed by atoms with Crippen LogP contribution >= 0.6 is 0 Å². The van der Waals surface area contributed by atoms with Gasteiger partial charge in [-0.3, -0.25) is 4.79 Å². The summed E-state index contributed by atoms with van der Waals surface area (Å²) in [5.74, 6) is 0.843. The predicted molar refractivity (Wildman–Crippen MR) is 76.0 cm³/mol. The molecule has 0 spiro atoms. The number of hydrogen-bond acceptors (Lipinski definition) is 4. The van der Waals surface area contributed by atoms with Crippen LogP contribution in [0.3, 0.4) is 0 Å². The van der Waals surface area contributed by atoms with Gasteiger partial charge >= 0.3 is 0 Å². The lowest BCUT2D eigenvalue weighted by Gasteiger charge is -2.33. The molecule has 1 amide bonds. The number of hydrogen-bond donors (Lipinski definition) is 1. The van der Waals surface area contributed by atoms with Crippen molar-refractivity contribution < 1.29 is 4.79 Å². The van der Waals surface area contributed by atoms with Crippen molar-refractivity contribution in [1.82, 2.24) is 15.2 Å². The molecular formula is C14H20N4O. The number of rotatable bonds is 4. The molecule has 1 aromatic rings. The van der Waals surface area contributed by atoms with Gasteiger partial charge in [0.25, 0.3) is 0 Å². The number of likely N-dealkylation sites (N-methyl/N-ethyl adjacent to an activating group) is 1. The van der Waals surface area contributed by atoms with E-state index in [1.165, 1.54) is 6.08 Å². The fourth-order valence-electron chi connectivity index (χ4n) is 2.01.